The highest BCUT2D eigenvalue weighted by molar-refractivity contribution is 7.47. The summed E-state index contributed by atoms with van der Waals surface area (Å²) >= 11 is 0. The molecule has 0 aromatic rings. The van der Waals surface area contributed by atoms with Crippen molar-refractivity contribution >= 4 is 39.5 Å². The van der Waals surface area contributed by atoms with Gasteiger partial charge in [0.15, 0.2) is 12.2 Å². The van der Waals surface area contributed by atoms with Crippen molar-refractivity contribution in [3.8, 4) is 0 Å². The third-order valence-electron chi connectivity index (χ3n) is 19.5. The van der Waals surface area contributed by atoms with E-state index in [0.29, 0.717) is 25.7 Å². The minimum atomic E-state index is -4.96. The van der Waals surface area contributed by atoms with Gasteiger partial charge in [0.05, 0.1) is 26.4 Å². The van der Waals surface area contributed by atoms with Crippen LogP contribution in [0, 0.1) is 5.92 Å². The molecule has 19 heteroatoms. The van der Waals surface area contributed by atoms with Gasteiger partial charge >= 0.3 is 39.5 Å². The highest BCUT2D eigenvalue weighted by Gasteiger charge is 2.30. The molecule has 0 radical (unpaired) electrons. The van der Waals surface area contributed by atoms with Gasteiger partial charge in [-0.2, -0.15) is 0 Å². The van der Waals surface area contributed by atoms with Crippen molar-refractivity contribution in [1.82, 2.24) is 0 Å². The molecular weight excluding hydrogens is 1330 g/mol. The van der Waals surface area contributed by atoms with Gasteiger partial charge in [0.1, 0.15) is 19.3 Å². The van der Waals surface area contributed by atoms with E-state index >= 15 is 0 Å². The fourth-order valence-electron chi connectivity index (χ4n) is 12.9. The van der Waals surface area contributed by atoms with Crippen LogP contribution in [0.3, 0.4) is 0 Å². The summed E-state index contributed by atoms with van der Waals surface area (Å²) < 4.78 is 68.7. The molecule has 0 bridgehead atoms. The van der Waals surface area contributed by atoms with Crippen molar-refractivity contribution in [2.75, 3.05) is 39.6 Å². The molecule has 3 N–H and O–H groups in total. The normalized spacial score (nSPS) is 13.8. The summed E-state index contributed by atoms with van der Waals surface area (Å²) in [5.41, 5.74) is 0. The van der Waals surface area contributed by atoms with E-state index in [1.54, 1.807) is 0 Å². The first kappa shape index (κ1) is 100. The lowest BCUT2D eigenvalue weighted by Gasteiger charge is -2.21. The summed E-state index contributed by atoms with van der Waals surface area (Å²) in [7, 11) is -9.92. The van der Waals surface area contributed by atoms with Gasteiger partial charge in [0.2, 0.25) is 0 Å². The van der Waals surface area contributed by atoms with Gasteiger partial charge < -0.3 is 33.8 Å². The Morgan fingerprint density at radius 2 is 0.451 bits per heavy atom. The molecule has 606 valence electrons. The number of aliphatic hydroxyl groups excluding tert-OH is 1. The maximum absolute atomic E-state index is 13.1. The van der Waals surface area contributed by atoms with Gasteiger partial charge in [-0.25, -0.2) is 9.13 Å². The van der Waals surface area contributed by atoms with Crippen molar-refractivity contribution in [1.29, 1.82) is 0 Å². The first-order valence-corrected chi connectivity index (χ1v) is 46.1. The fourth-order valence-corrected chi connectivity index (χ4v) is 14.5. The van der Waals surface area contributed by atoms with Crippen LogP contribution in [0.2, 0.25) is 0 Å². The minimum absolute atomic E-state index is 0.107. The summed E-state index contributed by atoms with van der Waals surface area (Å²) in [6.07, 6.45) is 68.3. The van der Waals surface area contributed by atoms with Crippen LogP contribution in [0.25, 0.3) is 0 Å². The van der Waals surface area contributed by atoms with E-state index in [-0.39, 0.29) is 25.7 Å². The lowest BCUT2D eigenvalue weighted by atomic mass is 10.0. The summed E-state index contributed by atoms with van der Waals surface area (Å²) in [6, 6.07) is 0. The first-order chi connectivity index (χ1) is 49.5. The predicted octanol–water partition coefficient (Wildman–Crippen LogP) is 25.2. The van der Waals surface area contributed by atoms with E-state index in [1.807, 2.05) is 0 Å². The Hall–Kier alpha value is -1.94. The number of unbranched alkanes of at least 4 members (excludes halogenated alkanes) is 55. The van der Waals surface area contributed by atoms with Crippen LogP contribution in [0.4, 0.5) is 0 Å². The molecule has 0 aliphatic heterocycles. The number of esters is 4. The molecule has 0 rings (SSSR count). The molecule has 0 saturated carbocycles. The SMILES string of the molecule is CCCCCCCCCCCCCCCCCCCCCCCC(=O)O[C@H](COC(=O)CCCCCCCCCCCCCCCCCCCC)COP(=O)(O)OC[C@@H](O)COP(=O)(O)OC[C@@H](COC(=O)CCCCCCCCC)OC(=O)CCCCCCCCCCCCCCCC(C)C. The van der Waals surface area contributed by atoms with Crippen LogP contribution in [0.1, 0.15) is 446 Å². The number of phosphoric acid groups is 2. The van der Waals surface area contributed by atoms with Crippen LogP contribution >= 0.6 is 15.6 Å². The zero-order valence-electron chi connectivity index (χ0n) is 66.8. The predicted molar refractivity (Wildman–Crippen MR) is 418 cm³/mol. The molecule has 0 spiro atoms. The van der Waals surface area contributed by atoms with Crippen molar-refractivity contribution in [3.05, 3.63) is 0 Å². The molecule has 0 aliphatic rings. The molecule has 0 saturated heterocycles. The Bertz CT molecular complexity index is 1940. The number of hydrogen-bond acceptors (Lipinski definition) is 15. The molecule has 102 heavy (non-hydrogen) atoms. The number of aliphatic hydroxyl groups is 1. The second kappa shape index (κ2) is 75.9. The van der Waals surface area contributed by atoms with Crippen LogP contribution in [-0.2, 0) is 65.4 Å². The summed E-state index contributed by atoms with van der Waals surface area (Å²) in [5, 5.41) is 10.6. The Morgan fingerprint density at radius 3 is 0.667 bits per heavy atom. The van der Waals surface area contributed by atoms with Gasteiger partial charge in [-0.3, -0.25) is 37.3 Å². The number of carbonyl (C=O) groups is 4. The molecule has 17 nitrogen and oxygen atoms in total. The molecule has 0 fully saturated rings. The van der Waals surface area contributed by atoms with Crippen molar-refractivity contribution in [2.45, 2.75) is 464 Å². The number of carbonyl (C=O) groups excluding carboxylic acids is 4. The molecule has 0 aromatic carbocycles. The third-order valence-corrected chi connectivity index (χ3v) is 21.4. The second-order valence-corrected chi connectivity index (χ2v) is 33.3. The van der Waals surface area contributed by atoms with Crippen molar-refractivity contribution in [3.63, 3.8) is 0 Å². The largest absolute Gasteiger partial charge is 0.472 e. The van der Waals surface area contributed by atoms with Crippen LogP contribution in [-0.4, -0.2) is 96.7 Å². The number of phosphoric ester groups is 2. The minimum Gasteiger partial charge on any atom is -0.462 e. The number of ether oxygens (including phenoxy) is 4. The van der Waals surface area contributed by atoms with Gasteiger partial charge in [-0.15, -0.1) is 0 Å². The Balaban J connectivity index is 5.16. The quantitative estimate of drug-likeness (QED) is 0.0222. The summed E-state index contributed by atoms with van der Waals surface area (Å²) in [4.78, 5) is 72.9. The Labute approximate surface area is 626 Å². The third kappa shape index (κ3) is 76.3. The average molecular weight is 1490 g/mol. The van der Waals surface area contributed by atoms with E-state index in [4.69, 9.17) is 37.0 Å². The van der Waals surface area contributed by atoms with Crippen molar-refractivity contribution in [2.24, 2.45) is 5.92 Å². The monoisotopic (exact) mass is 1490 g/mol. The molecule has 5 atom stereocenters. The van der Waals surface area contributed by atoms with Crippen LogP contribution in [0.5, 0.6) is 0 Å². The maximum Gasteiger partial charge on any atom is 0.472 e. The average Bonchev–Trinajstić information content (AvgIpc) is 0.914. The van der Waals surface area contributed by atoms with Crippen molar-refractivity contribution < 1.29 is 80.2 Å². The van der Waals surface area contributed by atoms with Gasteiger partial charge in [0.25, 0.3) is 0 Å². The Morgan fingerprint density at radius 1 is 0.265 bits per heavy atom. The Kier molecular flexibility index (Phi) is 74.4. The number of rotatable bonds is 83. The van der Waals surface area contributed by atoms with Gasteiger partial charge in [0, 0.05) is 25.7 Å². The van der Waals surface area contributed by atoms with Gasteiger partial charge in [-0.1, -0.05) is 394 Å². The lowest BCUT2D eigenvalue weighted by molar-refractivity contribution is -0.161. The lowest BCUT2D eigenvalue weighted by Crippen LogP contribution is -2.30. The van der Waals surface area contributed by atoms with E-state index in [0.717, 1.165) is 109 Å². The summed E-state index contributed by atoms with van der Waals surface area (Å²) in [6.45, 7) is 7.31. The highest BCUT2D eigenvalue weighted by atomic mass is 31.2. The van der Waals surface area contributed by atoms with E-state index < -0.39 is 97.5 Å². The molecule has 0 heterocycles. The molecular formula is C83H162O17P2. The molecule has 0 amide bonds. The standard InChI is InChI=1S/C83H162O17P2/c1-6-9-12-15-18-20-22-24-26-28-30-31-32-34-36-40-44-48-53-58-63-68-83(88)100-79(73-94-81(86)67-62-57-52-47-43-39-35-33-29-27-25-23-21-19-16-13-10-7-2)75-98-102(91,92)96-71-77(84)70-95-101(89,90)97-74-78(72-93-80(85)66-61-56-50-17-14-11-8-3)99-82(87)69-64-59-54-49-45-41-37-38-42-46-51-55-60-65-76(4)5/h76-79,84H,6-75H2,1-5H3,(H,89,90)(H,91,92)/t77-,78+,79+/m0/s1. The zero-order chi connectivity index (χ0) is 74.8. The molecule has 0 aromatic heterocycles. The van der Waals surface area contributed by atoms with Crippen LogP contribution in [0.15, 0.2) is 0 Å². The molecule has 2 unspecified atom stereocenters. The zero-order valence-corrected chi connectivity index (χ0v) is 68.5. The highest BCUT2D eigenvalue weighted by Crippen LogP contribution is 2.45. The summed E-state index contributed by atoms with van der Waals surface area (Å²) in [5.74, 6) is -1.32. The number of hydrogen-bond donors (Lipinski definition) is 3. The van der Waals surface area contributed by atoms with E-state index in [1.165, 1.54) is 257 Å². The molecule has 0 aliphatic carbocycles. The second-order valence-electron chi connectivity index (χ2n) is 30.3. The maximum atomic E-state index is 13.1. The first-order valence-electron chi connectivity index (χ1n) is 43.1. The topological polar surface area (TPSA) is 237 Å². The van der Waals surface area contributed by atoms with Gasteiger partial charge in [-0.05, 0) is 31.6 Å². The fraction of sp³-hybridized carbons (Fsp3) is 0.952. The van der Waals surface area contributed by atoms with E-state index in [9.17, 15) is 43.2 Å². The van der Waals surface area contributed by atoms with E-state index in [2.05, 4.69) is 34.6 Å². The smallest absolute Gasteiger partial charge is 0.462 e. The van der Waals surface area contributed by atoms with Crippen LogP contribution < -0.4 is 0 Å².